The average molecular weight is 225 g/mol. The van der Waals surface area contributed by atoms with Gasteiger partial charge in [-0.15, -0.1) is 22.7 Å². The molecular formula is C9H11N3S2. The van der Waals surface area contributed by atoms with Gasteiger partial charge < -0.3 is 5.32 Å². The fourth-order valence-corrected chi connectivity index (χ4v) is 2.68. The molecule has 3 nitrogen and oxygen atoms in total. The largest absolute Gasteiger partial charge is 0.306 e. The van der Waals surface area contributed by atoms with E-state index in [1.54, 1.807) is 22.7 Å². The van der Waals surface area contributed by atoms with E-state index in [2.05, 4.69) is 20.7 Å². The van der Waals surface area contributed by atoms with Gasteiger partial charge in [0.05, 0.1) is 10.7 Å². The smallest absolute Gasteiger partial charge is 0.116 e. The van der Waals surface area contributed by atoms with Crippen molar-refractivity contribution in [3.05, 3.63) is 32.7 Å². The van der Waals surface area contributed by atoms with Gasteiger partial charge in [0, 0.05) is 17.0 Å². The van der Waals surface area contributed by atoms with Crippen LogP contribution in [-0.2, 0) is 0 Å². The molecule has 2 aromatic rings. The maximum absolute atomic E-state index is 4.46. The fraction of sp³-hybridized carbons (Fsp3) is 0.333. The highest BCUT2D eigenvalue weighted by Gasteiger charge is 2.16. The Morgan fingerprint density at radius 2 is 2.29 bits per heavy atom. The van der Waals surface area contributed by atoms with Gasteiger partial charge in [-0.05, 0) is 14.0 Å². The second kappa shape index (κ2) is 4.16. The highest BCUT2D eigenvalue weighted by atomic mass is 32.1. The molecule has 2 aromatic heterocycles. The molecule has 74 valence electrons. The summed E-state index contributed by atoms with van der Waals surface area (Å²) in [7, 11) is 1.93. The fourth-order valence-electron chi connectivity index (χ4n) is 1.29. The monoisotopic (exact) mass is 225 g/mol. The third-order valence-corrected chi connectivity index (χ3v) is 3.55. The van der Waals surface area contributed by atoms with E-state index in [1.165, 1.54) is 0 Å². The molecule has 2 rings (SSSR count). The van der Waals surface area contributed by atoms with Gasteiger partial charge in [-0.2, -0.15) is 0 Å². The molecule has 5 heteroatoms. The van der Waals surface area contributed by atoms with E-state index in [-0.39, 0.29) is 6.04 Å². The summed E-state index contributed by atoms with van der Waals surface area (Å²) in [6, 6.07) is 0.139. The summed E-state index contributed by atoms with van der Waals surface area (Å²) in [5.41, 5.74) is 1.06. The third-order valence-electron chi connectivity index (χ3n) is 1.92. The molecule has 0 aliphatic heterocycles. The van der Waals surface area contributed by atoms with Gasteiger partial charge in [-0.1, -0.05) is 0 Å². The van der Waals surface area contributed by atoms with Gasteiger partial charge in [-0.3, -0.25) is 0 Å². The van der Waals surface area contributed by atoms with Gasteiger partial charge in [0.2, 0.25) is 0 Å². The number of aromatic nitrogens is 2. The van der Waals surface area contributed by atoms with Crippen LogP contribution in [0.15, 0.2) is 17.0 Å². The quantitative estimate of drug-likeness (QED) is 0.870. The first-order valence-corrected chi connectivity index (χ1v) is 6.06. The molecule has 0 spiro atoms. The standard InChI is InChI=1S/C9H11N3S2/c1-6-12-7(5-14-6)8(10-2)9-11-3-4-13-9/h3-5,8,10H,1-2H3. The number of nitrogens with zero attached hydrogens (tertiary/aromatic N) is 2. The van der Waals surface area contributed by atoms with Gasteiger partial charge in [-0.25, -0.2) is 9.97 Å². The van der Waals surface area contributed by atoms with Crippen LogP contribution in [-0.4, -0.2) is 17.0 Å². The molecule has 14 heavy (non-hydrogen) atoms. The van der Waals surface area contributed by atoms with E-state index in [0.717, 1.165) is 15.7 Å². The third kappa shape index (κ3) is 1.84. The van der Waals surface area contributed by atoms with Crippen molar-refractivity contribution in [2.45, 2.75) is 13.0 Å². The minimum Gasteiger partial charge on any atom is -0.306 e. The number of thiazole rings is 2. The van der Waals surface area contributed by atoms with Gasteiger partial charge in [0.15, 0.2) is 0 Å². The van der Waals surface area contributed by atoms with Crippen LogP contribution >= 0.6 is 22.7 Å². The topological polar surface area (TPSA) is 37.8 Å². The average Bonchev–Trinajstić information content (AvgIpc) is 2.79. The molecule has 0 amide bonds. The summed E-state index contributed by atoms with van der Waals surface area (Å²) >= 11 is 3.32. The molecule has 0 radical (unpaired) electrons. The number of rotatable bonds is 3. The van der Waals surface area contributed by atoms with Gasteiger partial charge in [0.1, 0.15) is 11.0 Å². The molecule has 0 aliphatic rings. The molecule has 0 bridgehead atoms. The Kier molecular flexibility index (Phi) is 2.90. The summed E-state index contributed by atoms with van der Waals surface area (Å²) in [6.45, 7) is 2.02. The van der Waals surface area contributed by atoms with E-state index in [4.69, 9.17) is 0 Å². The van der Waals surface area contributed by atoms with Crippen molar-refractivity contribution >= 4 is 22.7 Å². The molecule has 0 saturated heterocycles. The first-order valence-electron chi connectivity index (χ1n) is 4.30. The van der Waals surface area contributed by atoms with Crippen LogP contribution in [0.1, 0.15) is 21.8 Å². The van der Waals surface area contributed by atoms with Crippen molar-refractivity contribution < 1.29 is 0 Å². The lowest BCUT2D eigenvalue weighted by molar-refractivity contribution is 0.669. The van der Waals surface area contributed by atoms with Crippen molar-refractivity contribution in [1.82, 2.24) is 15.3 Å². The number of nitrogens with one attached hydrogen (secondary N) is 1. The van der Waals surface area contributed by atoms with Crippen molar-refractivity contribution in [2.75, 3.05) is 7.05 Å². The van der Waals surface area contributed by atoms with Crippen LogP contribution in [0.5, 0.6) is 0 Å². The number of hydrogen-bond donors (Lipinski definition) is 1. The molecule has 0 aliphatic carbocycles. The summed E-state index contributed by atoms with van der Waals surface area (Å²) in [6.07, 6.45) is 1.82. The molecule has 0 fully saturated rings. The van der Waals surface area contributed by atoms with Crippen LogP contribution in [0.25, 0.3) is 0 Å². The minimum absolute atomic E-state index is 0.139. The highest BCUT2D eigenvalue weighted by molar-refractivity contribution is 7.10. The van der Waals surface area contributed by atoms with E-state index >= 15 is 0 Å². The Morgan fingerprint density at radius 3 is 2.79 bits per heavy atom. The Morgan fingerprint density at radius 1 is 1.43 bits per heavy atom. The van der Waals surface area contributed by atoms with E-state index < -0.39 is 0 Å². The lowest BCUT2D eigenvalue weighted by Crippen LogP contribution is -2.17. The molecule has 1 unspecified atom stereocenters. The van der Waals surface area contributed by atoms with E-state index in [9.17, 15) is 0 Å². The Bertz CT molecular complexity index is 394. The maximum atomic E-state index is 4.46. The zero-order valence-corrected chi connectivity index (χ0v) is 9.65. The predicted molar refractivity (Wildman–Crippen MR) is 59.9 cm³/mol. The summed E-state index contributed by atoms with van der Waals surface area (Å²) in [5.74, 6) is 0. The second-order valence-corrected chi connectivity index (χ2v) is 4.87. The zero-order valence-electron chi connectivity index (χ0n) is 8.02. The Balaban J connectivity index is 2.31. The normalized spacial score (nSPS) is 13.0. The molecule has 0 saturated carbocycles. The Labute approximate surface area is 90.9 Å². The molecule has 1 N–H and O–H groups in total. The van der Waals surface area contributed by atoms with Gasteiger partial charge in [0.25, 0.3) is 0 Å². The number of hydrogen-bond acceptors (Lipinski definition) is 5. The highest BCUT2D eigenvalue weighted by Crippen LogP contribution is 2.24. The van der Waals surface area contributed by atoms with Crippen LogP contribution in [0.3, 0.4) is 0 Å². The predicted octanol–water partition coefficient (Wildman–Crippen LogP) is 2.22. The SMILES string of the molecule is CNC(c1csc(C)n1)c1nccs1. The van der Waals surface area contributed by atoms with Crippen molar-refractivity contribution in [3.8, 4) is 0 Å². The molecule has 0 aromatic carbocycles. The summed E-state index contributed by atoms with van der Waals surface area (Å²) < 4.78 is 0. The molecule has 2 heterocycles. The van der Waals surface area contributed by atoms with Crippen molar-refractivity contribution in [1.29, 1.82) is 0 Å². The second-order valence-electron chi connectivity index (χ2n) is 2.88. The Hall–Kier alpha value is -0.780. The van der Waals surface area contributed by atoms with Crippen LogP contribution in [0, 0.1) is 6.92 Å². The lowest BCUT2D eigenvalue weighted by Gasteiger charge is -2.09. The van der Waals surface area contributed by atoms with Gasteiger partial charge >= 0.3 is 0 Å². The molecule has 1 atom stereocenters. The lowest BCUT2D eigenvalue weighted by atomic mass is 10.2. The number of aryl methyl sites for hydroxylation is 1. The van der Waals surface area contributed by atoms with E-state index in [0.29, 0.717) is 0 Å². The van der Waals surface area contributed by atoms with Crippen molar-refractivity contribution in [2.24, 2.45) is 0 Å². The zero-order chi connectivity index (χ0) is 9.97. The van der Waals surface area contributed by atoms with Crippen LogP contribution in [0.2, 0.25) is 0 Å². The first-order chi connectivity index (χ1) is 6.81. The van der Waals surface area contributed by atoms with E-state index in [1.807, 2.05) is 25.5 Å². The molecular weight excluding hydrogens is 214 g/mol. The maximum Gasteiger partial charge on any atom is 0.116 e. The minimum atomic E-state index is 0.139. The van der Waals surface area contributed by atoms with Crippen LogP contribution in [0.4, 0.5) is 0 Å². The summed E-state index contributed by atoms with van der Waals surface area (Å²) in [5, 5.41) is 9.45. The summed E-state index contributed by atoms with van der Waals surface area (Å²) in [4.78, 5) is 8.75. The van der Waals surface area contributed by atoms with Crippen molar-refractivity contribution in [3.63, 3.8) is 0 Å². The van der Waals surface area contributed by atoms with Crippen LogP contribution < -0.4 is 5.32 Å². The first kappa shape index (κ1) is 9.76.